The second kappa shape index (κ2) is 6.79. The van der Waals surface area contributed by atoms with Crippen LogP contribution in [0.3, 0.4) is 0 Å². The van der Waals surface area contributed by atoms with Crippen LogP contribution < -0.4 is 16.5 Å². The molecule has 1 heterocycles. The van der Waals surface area contributed by atoms with Gasteiger partial charge in [0.05, 0.1) is 5.75 Å². The second-order valence-electron chi connectivity index (χ2n) is 5.89. The first kappa shape index (κ1) is 17.3. The predicted octanol–water partition coefficient (Wildman–Crippen LogP) is 0.616. The van der Waals surface area contributed by atoms with E-state index in [1.807, 2.05) is 34.6 Å². The lowest BCUT2D eigenvalue weighted by Gasteiger charge is -2.16. The molecule has 0 aliphatic heterocycles. The average molecular weight is 314 g/mol. The quantitative estimate of drug-likeness (QED) is 0.554. The molecule has 0 radical (unpaired) electrons. The largest absolute Gasteiger partial charge is 0.336 e. The molecular weight excluding hydrogens is 292 g/mol. The van der Waals surface area contributed by atoms with Crippen molar-refractivity contribution < 1.29 is 9.59 Å². The highest BCUT2D eigenvalue weighted by Crippen LogP contribution is 2.22. The zero-order valence-electron chi connectivity index (χ0n) is 12.9. The van der Waals surface area contributed by atoms with Crippen molar-refractivity contribution in [2.24, 2.45) is 0 Å². The predicted molar refractivity (Wildman–Crippen MR) is 81.4 cm³/mol. The number of amides is 3. The number of hydrogen-bond donors (Lipinski definition) is 3. The highest BCUT2D eigenvalue weighted by molar-refractivity contribution is 7.99. The Kier molecular flexibility index (Phi) is 5.59. The molecule has 21 heavy (non-hydrogen) atoms. The highest BCUT2D eigenvalue weighted by atomic mass is 32.2. The zero-order valence-corrected chi connectivity index (χ0v) is 13.7. The van der Waals surface area contributed by atoms with E-state index in [0.717, 1.165) is 11.8 Å². The summed E-state index contributed by atoms with van der Waals surface area (Å²) in [7, 11) is 0. The Balaban J connectivity index is 2.55. The molecule has 8 nitrogen and oxygen atoms in total. The van der Waals surface area contributed by atoms with Crippen molar-refractivity contribution in [3.8, 4) is 0 Å². The number of nitrogen functional groups attached to an aromatic ring is 1. The minimum Gasteiger partial charge on any atom is -0.336 e. The third-order valence-electron chi connectivity index (χ3n) is 2.34. The smallest absolute Gasteiger partial charge is 0.321 e. The minimum absolute atomic E-state index is 0.0327. The van der Waals surface area contributed by atoms with Crippen molar-refractivity contribution in [3.05, 3.63) is 5.82 Å². The topological polar surface area (TPSA) is 115 Å². The van der Waals surface area contributed by atoms with E-state index < -0.39 is 11.9 Å². The first-order valence-electron chi connectivity index (χ1n) is 6.55. The molecule has 3 amide bonds. The minimum atomic E-state index is -0.514. The fourth-order valence-corrected chi connectivity index (χ4v) is 2.13. The van der Waals surface area contributed by atoms with E-state index >= 15 is 0 Å². The van der Waals surface area contributed by atoms with E-state index in [1.165, 1.54) is 4.68 Å². The van der Waals surface area contributed by atoms with Gasteiger partial charge in [-0.05, 0) is 13.8 Å². The van der Waals surface area contributed by atoms with Gasteiger partial charge in [0.1, 0.15) is 0 Å². The maximum absolute atomic E-state index is 11.6. The molecule has 0 aliphatic carbocycles. The maximum atomic E-state index is 11.6. The zero-order chi connectivity index (χ0) is 16.2. The van der Waals surface area contributed by atoms with E-state index in [-0.39, 0.29) is 17.2 Å². The molecule has 1 rings (SSSR count). The summed E-state index contributed by atoms with van der Waals surface area (Å²) in [6, 6.07) is -0.549. The first-order chi connectivity index (χ1) is 9.61. The standard InChI is InChI=1S/C12H22N6O2S/c1-7(2)14-10(20)15-8(19)6-21-11-17-16-9(18(11)13)12(3,4)5/h7H,6,13H2,1-5H3,(H2,14,15,19,20). The van der Waals surface area contributed by atoms with Gasteiger partial charge in [-0.2, -0.15) is 0 Å². The lowest BCUT2D eigenvalue weighted by Crippen LogP contribution is -2.43. The van der Waals surface area contributed by atoms with Gasteiger partial charge in [-0.1, -0.05) is 32.5 Å². The van der Waals surface area contributed by atoms with Crippen LogP contribution in [0.4, 0.5) is 4.79 Å². The third-order valence-corrected chi connectivity index (χ3v) is 3.28. The Bertz CT molecular complexity index is 520. The van der Waals surface area contributed by atoms with Gasteiger partial charge >= 0.3 is 6.03 Å². The number of hydrogen-bond acceptors (Lipinski definition) is 6. The van der Waals surface area contributed by atoms with Gasteiger partial charge in [-0.3, -0.25) is 10.1 Å². The Morgan fingerprint density at radius 2 is 1.95 bits per heavy atom. The molecule has 0 spiro atoms. The summed E-state index contributed by atoms with van der Waals surface area (Å²) < 4.78 is 1.37. The van der Waals surface area contributed by atoms with Crippen molar-refractivity contribution >= 4 is 23.7 Å². The third kappa shape index (κ3) is 5.25. The number of imide groups is 1. The summed E-state index contributed by atoms with van der Waals surface area (Å²) in [6.45, 7) is 9.53. The van der Waals surface area contributed by atoms with Crippen molar-refractivity contribution in [2.75, 3.05) is 11.6 Å². The number of urea groups is 1. The van der Waals surface area contributed by atoms with E-state index in [4.69, 9.17) is 5.84 Å². The summed E-state index contributed by atoms with van der Waals surface area (Å²) in [5, 5.41) is 13.2. The Morgan fingerprint density at radius 3 is 2.43 bits per heavy atom. The van der Waals surface area contributed by atoms with Crippen LogP contribution in [0.2, 0.25) is 0 Å². The van der Waals surface area contributed by atoms with Gasteiger partial charge in [0.2, 0.25) is 11.1 Å². The van der Waals surface area contributed by atoms with E-state index in [9.17, 15) is 9.59 Å². The molecule has 0 unspecified atom stereocenters. The summed E-state index contributed by atoms with van der Waals surface area (Å²) in [5.41, 5.74) is -0.236. The van der Waals surface area contributed by atoms with Gasteiger partial charge in [0.15, 0.2) is 5.82 Å². The van der Waals surface area contributed by atoms with Crippen LogP contribution >= 0.6 is 11.8 Å². The van der Waals surface area contributed by atoms with Gasteiger partial charge in [-0.15, -0.1) is 10.2 Å². The summed E-state index contributed by atoms with van der Waals surface area (Å²) in [6.07, 6.45) is 0. The second-order valence-corrected chi connectivity index (χ2v) is 6.83. The van der Waals surface area contributed by atoms with Gasteiger partial charge in [0, 0.05) is 11.5 Å². The maximum Gasteiger partial charge on any atom is 0.321 e. The number of nitrogens with zero attached hydrogens (tertiary/aromatic N) is 3. The number of thioether (sulfide) groups is 1. The Hall–Kier alpha value is -1.77. The molecule has 0 atom stereocenters. The van der Waals surface area contributed by atoms with E-state index in [2.05, 4.69) is 20.8 Å². The lowest BCUT2D eigenvalue weighted by molar-refractivity contribution is -0.117. The molecule has 0 saturated heterocycles. The van der Waals surface area contributed by atoms with Crippen molar-refractivity contribution in [2.45, 2.75) is 51.2 Å². The fourth-order valence-electron chi connectivity index (χ4n) is 1.48. The molecular formula is C12H22N6O2S. The molecule has 0 fully saturated rings. The number of nitrogens with one attached hydrogen (secondary N) is 2. The monoisotopic (exact) mass is 314 g/mol. The Labute approximate surface area is 128 Å². The first-order valence-corrected chi connectivity index (χ1v) is 7.54. The number of rotatable bonds is 4. The summed E-state index contributed by atoms with van der Waals surface area (Å²) >= 11 is 1.13. The molecule has 0 saturated carbocycles. The molecule has 9 heteroatoms. The lowest BCUT2D eigenvalue weighted by atomic mass is 9.96. The molecule has 4 N–H and O–H groups in total. The summed E-state index contributed by atoms with van der Waals surface area (Å²) in [5.74, 6) is 6.15. The van der Waals surface area contributed by atoms with Gasteiger partial charge in [0.25, 0.3) is 0 Å². The molecule has 118 valence electrons. The molecule has 0 aromatic carbocycles. The average Bonchev–Trinajstić information content (AvgIpc) is 2.66. The Morgan fingerprint density at radius 1 is 1.33 bits per heavy atom. The number of carbonyl (C=O) groups excluding carboxylic acids is 2. The SMILES string of the molecule is CC(C)NC(=O)NC(=O)CSc1nnc(C(C)(C)C)n1N. The van der Waals surface area contributed by atoms with Crippen molar-refractivity contribution in [1.29, 1.82) is 0 Å². The molecule has 0 aliphatic rings. The van der Waals surface area contributed by atoms with Gasteiger partial charge in [-0.25, -0.2) is 9.47 Å². The normalized spacial score (nSPS) is 11.5. The van der Waals surface area contributed by atoms with Crippen LogP contribution in [0.5, 0.6) is 0 Å². The molecule has 1 aromatic rings. The van der Waals surface area contributed by atoms with Crippen LogP contribution in [-0.4, -0.2) is 38.6 Å². The number of nitrogens with two attached hydrogens (primary N) is 1. The molecule has 1 aromatic heterocycles. The summed E-state index contributed by atoms with van der Waals surface area (Å²) in [4.78, 5) is 23.0. The van der Waals surface area contributed by atoms with E-state index in [0.29, 0.717) is 11.0 Å². The van der Waals surface area contributed by atoms with Crippen molar-refractivity contribution in [3.63, 3.8) is 0 Å². The number of carbonyl (C=O) groups is 2. The number of aromatic nitrogens is 3. The van der Waals surface area contributed by atoms with Crippen LogP contribution in [0, 0.1) is 0 Å². The van der Waals surface area contributed by atoms with Crippen molar-refractivity contribution in [1.82, 2.24) is 25.5 Å². The molecule has 0 bridgehead atoms. The fraction of sp³-hybridized carbons (Fsp3) is 0.667. The van der Waals surface area contributed by atoms with E-state index in [1.54, 1.807) is 0 Å². The van der Waals surface area contributed by atoms with Crippen LogP contribution in [0.15, 0.2) is 5.16 Å². The van der Waals surface area contributed by atoms with Gasteiger partial charge < -0.3 is 11.2 Å². The van der Waals surface area contributed by atoms with Crippen LogP contribution in [0.1, 0.15) is 40.4 Å². The van der Waals surface area contributed by atoms with Crippen LogP contribution in [-0.2, 0) is 10.2 Å². The highest BCUT2D eigenvalue weighted by Gasteiger charge is 2.23. The van der Waals surface area contributed by atoms with Crippen LogP contribution in [0.25, 0.3) is 0 Å².